The molecule has 1 amide bonds. The monoisotopic (exact) mass is 290 g/mol. The lowest BCUT2D eigenvalue weighted by Gasteiger charge is -2.23. The first-order valence-electron chi connectivity index (χ1n) is 5.53. The van der Waals surface area contributed by atoms with Crippen molar-refractivity contribution < 1.29 is 4.79 Å². The summed E-state index contributed by atoms with van der Waals surface area (Å²) in [5, 5.41) is 2.78. The Hall–Kier alpha value is -0.260. The normalized spacial score (nSPS) is 19.5. The number of thioether (sulfide) groups is 1. The molecule has 94 valence electrons. The zero-order chi connectivity index (χ0) is 12.3. The van der Waals surface area contributed by atoms with Crippen LogP contribution in [0.2, 0.25) is 0 Å². The second kappa shape index (κ2) is 6.07. The minimum atomic E-state index is 0.160. The second-order valence-corrected chi connectivity index (χ2v) is 6.42. The Balaban J connectivity index is 1.91. The molecular weight excluding hydrogens is 276 g/mol. The molecule has 6 heteroatoms. The SMILES string of the molecule is CN(C(=O)Cc1nc(CCl)cs1)C1CCSC1. The summed E-state index contributed by atoms with van der Waals surface area (Å²) in [6.07, 6.45) is 1.51. The minimum Gasteiger partial charge on any atom is -0.342 e. The fourth-order valence-corrected chi connectivity index (χ4v) is 4.06. The van der Waals surface area contributed by atoms with Crippen LogP contribution in [-0.2, 0) is 17.1 Å². The van der Waals surface area contributed by atoms with E-state index in [2.05, 4.69) is 4.98 Å². The van der Waals surface area contributed by atoms with Crippen LogP contribution in [0.3, 0.4) is 0 Å². The molecule has 2 rings (SSSR count). The van der Waals surface area contributed by atoms with Crippen molar-refractivity contribution in [2.45, 2.75) is 24.8 Å². The maximum absolute atomic E-state index is 12.0. The number of thiazole rings is 1. The first-order valence-corrected chi connectivity index (χ1v) is 8.10. The highest BCUT2D eigenvalue weighted by Gasteiger charge is 2.24. The van der Waals surface area contributed by atoms with Crippen molar-refractivity contribution in [1.82, 2.24) is 9.88 Å². The lowest BCUT2D eigenvalue weighted by atomic mass is 10.2. The molecule has 2 heterocycles. The number of rotatable bonds is 4. The molecule has 0 bridgehead atoms. The number of nitrogens with zero attached hydrogens (tertiary/aromatic N) is 2. The molecule has 1 aromatic heterocycles. The summed E-state index contributed by atoms with van der Waals surface area (Å²) in [6.45, 7) is 0. The lowest BCUT2D eigenvalue weighted by molar-refractivity contribution is -0.130. The van der Waals surface area contributed by atoms with Gasteiger partial charge in [0.1, 0.15) is 5.01 Å². The van der Waals surface area contributed by atoms with Crippen molar-refractivity contribution >= 4 is 40.6 Å². The Bertz CT molecular complexity index is 391. The van der Waals surface area contributed by atoms with Gasteiger partial charge in [-0.15, -0.1) is 22.9 Å². The predicted molar refractivity (Wildman–Crippen MR) is 73.9 cm³/mol. The summed E-state index contributed by atoms with van der Waals surface area (Å²) < 4.78 is 0. The quantitative estimate of drug-likeness (QED) is 0.799. The molecule has 0 N–H and O–H groups in total. The summed E-state index contributed by atoms with van der Waals surface area (Å²) >= 11 is 9.12. The van der Waals surface area contributed by atoms with E-state index in [1.165, 1.54) is 11.3 Å². The molecule has 1 atom stereocenters. The van der Waals surface area contributed by atoms with Crippen molar-refractivity contribution in [2.24, 2.45) is 0 Å². The predicted octanol–water partition coefficient (Wildman–Crippen LogP) is 2.39. The van der Waals surface area contributed by atoms with E-state index in [4.69, 9.17) is 11.6 Å². The summed E-state index contributed by atoms with van der Waals surface area (Å²) in [7, 11) is 1.90. The summed E-state index contributed by atoms with van der Waals surface area (Å²) in [5.74, 6) is 2.80. The highest BCUT2D eigenvalue weighted by Crippen LogP contribution is 2.22. The Morgan fingerprint density at radius 2 is 2.53 bits per heavy atom. The van der Waals surface area contributed by atoms with E-state index in [1.807, 2.05) is 29.1 Å². The number of carbonyl (C=O) groups is 1. The van der Waals surface area contributed by atoms with Crippen molar-refractivity contribution in [3.63, 3.8) is 0 Å². The van der Waals surface area contributed by atoms with E-state index < -0.39 is 0 Å². The lowest BCUT2D eigenvalue weighted by Crippen LogP contribution is -2.37. The number of amides is 1. The van der Waals surface area contributed by atoms with Gasteiger partial charge in [0.05, 0.1) is 18.0 Å². The first kappa shape index (κ1) is 13.2. The number of hydrogen-bond donors (Lipinski definition) is 0. The number of carbonyl (C=O) groups excluding carboxylic acids is 1. The van der Waals surface area contributed by atoms with E-state index in [-0.39, 0.29) is 5.91 Å². The third-order valence-electron chi connectivity index (χ3n) is 2.89. The fourth-order valence-electron chi connectivity index (χ4n) is 1.78. The van der Waals surface area contributed by atoms with Gasteiger partial charge in [-0.05, 0) is 12.2 Å². The van der Waals surface area contributed by atoms with E-state index >= 15 is 0 Å². The Morgan fingerprint density at radius 1 is 1.71 bits per heavy atom. The highest BCUT2D eigenvalue weighted by atomic mass is 35.5. The number of hydrogen-bond acceptors (Lipinski definition) is 4. The molecule has 0 radical (unpaired) electrons. The standard InChI is InChI=1S/C11H15ClN2OS2/c1-14(9-2-3-16-7-9)11(15)4-10-13-8(5-12)6-17-10/h6,9H,2-5,7H2,1H3. The molecule has 0 aromatic carbocycles. The van der Waals surface area contributed by atoms with Crippen molar-refractivity contribution in [1.29, 1.82) is 0 Å². The average molecular weight is 291 g/mol. The molecule has 0 aliphatic carbocycles. The van der Waals surface area contributed by atoms with Crippen LogP contribution in [0.5, 0.6) is 0 Å². The van der Waals surface area contributed by atoms with Crippen LogP contribution < -0.4 is 0 Å². The zero-order valence-corrected chi connectivity index (χ0v) is 12.1. The largest absolute Gasteiger partial charge is 0.342 e. The molecule has 1 aliphatic rings. The molecule has 1 unspecified atom stereocenters. The van der Waals surface area contributed by atoms with Gasteiger partial charge >= 0.3 is 0 Å². The van der Waals surface area contributed by atoms with Crippen molar-refractivity contribution in [3.05, 3.63) is 16.1 Å². The number of likely N-dealkylation sites (N-methyl/N-ethyl adjacent to an activating group) is 1. The van der Waals surface area contributed by atoms with Crippen LogP contribution in [0, 0.1) is 0 Å². The molecule has 1 fully saturated rings. The van der Waals surface area contributed by atoms with E-state index in [0.29, 0.717) is 18.3 Å². The highest BCUT2D eigenvalue weighted by molar-refractivity contribution is 7.99. The Kier molecular flexibility index (Phi) is 4.70. The van der Waals surface area contributed by atoms with E-state index in [1.54, 1.807) is 0 Å². The van der Waals surface area contributed by atoms with Gasteiger partial charge < -0.3 is 4.90 Å². The van der Waals surface area contributed by atoms with Gasteiger partial charge in [-0.25, -0.2) is 4.98 Å². The Labute approximate surface area is 115 Å². The molecule has 0 spiro atoms. The molecule has 1 aromatic rings. The van der Waals surface area contributed by atoms with Crippen LogP contribution in [0.25, 0.3) is 0 Å². The molecular formula is C11H15ClN2OS2. The second-order valence-electron chi connectivity index (χ2n) is 4.07. The number of alkyl halides is 1. The first-order chi connectivity index (χ1) is 8.20. The minimum absolute atomic E-state index is 0.160. The molecule has 1 aliphatic heterocycles. The van der Waals surface area contributed by atoms with Gasteiger partial charge in [0.15, 0.2) is 0 Å². The van der Waals surface area contributed by atoms with Crippen LogP contribution in [0.1, 0.15) is 17.1 Å². The zero-order valence-electron chi connectivity index (χ0n) is 9.69. The maximum atomic E-state index is 12.0. The van der Waals surface area contributed by atoms with Crippen LogP contribution >= 0.6 is 34.7 Å². The fraction of sp³-hybridized carbons (Fsp3) is 0.636. The van der Waals surface area contributed by atoms with Gasteiger partial charge in [0, 0.05) is 24.2 Å². The van der Waals surface area contributed by atoms with Gasteiger partial charge in [-0.2, -0.15) is 11.8 Å². The van der Waals surface area contributed by atoms with Gasteiger partial charge in [0.25, 0.3) is 0 Å². The molecule has 0 saturated carbocycles. The summed E-state index contributed by atoms with van der Waals surface area (Å²) in [5.41, 5.74) is 0.860. The van der Waals surface area contributed by atoms with E-state index in [0.717, 1.165) is 28.6 Å². The van der Waals surface area contributed by atoms with Crippen LogP contribution in [0.4, 0.5) is 0 Å². The maximum Gasteiger partial charge on any atom is 0.229 e. The van der Waals surface area contributed by atoms with Crippen molar-refractivity contribution in [3.8, 4) is 0 Å². The third kappa shape index (κ3) is 3.36. The average Bonchev–Trinajstić information content (AvgIpc) is 2.98. The number of halogens is 1. The van der Waals surface area contributed by atoms with Gasteiger partial charge in [0.2, 0.25) is 5.91 Å². The number of aromatic nitrogens is 1. The molecule has 17 heavy (non-hydrogen) atoms. The summed E-state index contributed by atoms with van der Waals surface area (Å²) in [6, 6.07) is 0.403. The Morgan fingerprint density at radius 3 is 3.12 bits per heavy atom. The molecule has 3 nitrogen and oxygen atoms in total. The molecule has 1 saturated heterocycles. The van der Waals surface area contributed by atoms with Crippen molar-refractivity contribution in [2.75, 3.05) is 18.6 Å². The topological polar surface area (TPSA) is 33.2 Å². The van der Waals surface area contributed by atoms with Gasteiger partial charge in [-0.3, -0.25) is 4.79 Å². The third-order valence-corrected chi connectivity index (χ3v) is 5.20. The van der Waals surface area contributed by atoms with E-state index in [9.17, 15) is 4.79 Å². The smallest absolute Gasteiger partial charge is 0.229 e. The van der Waals surface area contributed by atoms with Crippen LogP contribution in [0.15, 0.2) is 5.38 Å². The summed E-state index contributed by atoms with van der Waals surface area (Å²) in [4.78, 5) is 18.2. The van der Waals surface area contributed by atoms with Gasteiger partial charge in [-0.1, -0.05) is 0 Å². The van der Waals surface area contributed by atoms with Crippen LogP contribution in [-0.4, -0.2) is 40.4 Å².